The number of carbonyl (C=O) groups is 5. The lowest BCUT2D eigenvalue weighted by atomic mass is 9.72. The molecule has 308 valence electrons. The number of amides is 5. The third-order valence-corrected chi connectivity index (χ3v) is 12.1. The number of benzene rings is 2. The van der Waals surface area contributed by atoms with Crippen molar-refractivity contribution in [3.05, 3.63) is 71.7 Å². The average molecular weight is 793 g/mol. The highest BCUT2D eigenvalue weighted by atomic mass is 16.5. The van der Waals surface area contributed by atoms with E-state index in [4.69, 9.17) is 4.74 Å². The Labute approximate surface area is 340 Å². The molecule has 2 aromatic carbocycles. The maximum absolute atomic E-state index is 13.3. The van der Waals surface area contributed by atoms with Crippen LogP contribution in [0.2, 0.25) is 0 Å². The molecule has 14 nitrogen and oxygen atoms in total. The van der Waals surface area contributed by atoms with Gasteiger partial charge in [-0.05, 0) is 76.5 Å². The summed E-state index contributed by atoms with van der Waals surface area (Å²) in [5.41, 5.74) is 2.03. The van der Waals surface area contributed by atoms with Gasteiger partial charge in [0, 0.05) is 43.7 Å². The Kier molecular flexibility index (Phi) is 13.3. The monoisotopic (exact) mass is 792 g/mol. The van der Waals surface area contributed by atoms with Crippen LogP contribution in [0.1, 0.15) is 121 Å². The smallest absolute Gasteiger partial charge is 0.264 e. The largest absolute Gasteiger partial charge is 0.451 e. The second-order valence-corrected chi connectivity index (χ2v) is 16.4. The van der Waals surface area contributed by atoms with Gasteiger partial charge < -0.3 is 25.2 Å². The molecule has 1 atom stereocenters. The molecule has 3 saturated heterocycles. The molecule has 7 rings (SSSR count). The molecule has 4 aliphatic rings. The number of piperidine rings is 2. The zero-order valence-electron chi connectivity index (χ0n) is 33.6. The quantitative estimate of drug-likeness (QED) is 0.0971. The van der Waals surface area contributed by atoms with Crippen molar-refractivity contribution in [3.63, 3.8) is 0 Å². The first kappa shape index (κ1) is 40.8. The second-order valence-electron chi connectivity index (χ2n) is 16.4. The minimum absolute atomic E-state index is 0.0931. The van der Waals surface area contributed by atoms with Crippen molar-refractivity contribution in [2.75, 3.05) is 56.5 Å². The van der Waals surface area contributed by atoms with Crippen molar-refractivity contribution < 1.29 is 28.7 Å². The molecule has 3 fully saturated rings. The van der Waals surface area contributed by atoms with Gasteiger partial charge in [0.2, 0.25) is 11.8 Å². The van der Waals surface area contributed by atoms with E-state index in [2.05, 4.69) is 42.8 Å². The summed E-state index contributed by atoms with van der Waals surface area (Å²) in [5, 5.41) is 8.64. The molecular weight excluding hydrogens is 737 g/mol. The number of unbranched alkanes of at least 4 members (excludes halogenated alkanes) is 9. The Morgan fingerprint density at radius 2 is 1.53 bits per heavy atom. The summed E-state index contributed by atoms with van der Waals surface area (Å²) in [4.78, 5) is 78.0. The van der Waals surface area contributed by atoms with Crippen LogP contribution in [-0.4, -0.2) is 102 Å². The van der Waals surface area contributed by atoms with Crippen molar-refractivity contribution in [2.24, 2.45) is 5.41 Å². The van der Waals surface area contributed by atoms with Gasteiger partial charge in [0.1, 0.15) is 18.1 Å². The summed E-state index contributed by atoms with van der Waals surface area (Å²) >= 11 is 0. The number of aromatic nitrogens is 2. The van der Waals surface area contributed by atoms with E-state index in [1.165, 1.54) is 38.5 Å². The number of hydrogen-bond acceptors (Lipinski definition) is 11. The first-order valence-corrected chi connectivity index (χ1v) is 21.1. The van der Waals surface area contributed by atoms with Crippen molar-refractivity contribution in [1.29, 1.82) is 0 Å². The molecule has 0 aliphatic carbocycles. The van der Waals surface area contributed by atoms with Gasteiger partial charge in [-0.25, -0.2) is 9.97 Å². The van der Waals surface area contributed by atoms with Crippen LogP contribution < -0.4 is 25.6 Å². The number of nitrogens with one attached hydrogen (secondary N) is 3. The molecule has 58 heavy (non-hydrogen) atoms. The van der Waals surface area contributed by atoms with Gasteiger partial charge in [0.25, 0.3) is 17.7 Å². The van der Waals surface area contributed by atoms with E-state index in [0.29, 0.717) is 46.8 Å². The number of likely N-dealkylation sites (tertiary alicyclic amines) is 1. The molecule has 1 spiro atoms. The highest BCUT2D eigenvalue weighted by molar-refractivity contribution is 6.25. The highest BCUT2D eigenvalue weighted by Gasteiger charge is 2.47. The van der Waals surface area contributed by atoms with Crippen molar-refractivity contribution in [2.45, 2.75) is 95.9 Å². The Morgan fingerprint density at radius 1 is 0.845 bits per heavy atom. The van der Waals surface area contributed by atoms with Crippen LogP contribution in [0, 0.1) is 5.41 Å². The Hall–Kier alpha value is -5.37. The van der Waals surface area contributed by atoms with Crippen LogP contribution in [-0.2, 0) is 9.59 Å². The molecule has 3 aromatic rings. The summed E-state index contributed by atoms with van der Waals surface area (Å²) in [6.45, 7) is 5.46. The molecule has 5 amide bonds. The summed E-state index contributed by atoms with van der Waals surface area (Å²) in [6.07, 6.45) is 16.8. The lowest BCUT2D eigenvalue weighted by Gasteiger charge is -2.54. The van der Waals surface area contributed by atoms with E-state index in [9.17, 15) is 24.0 Å². The Bertz CT molecular complexity index is 1970. The van der Waals surface area contributed by atoms with Crippen LogP contribution >= 0.6 is 0 Å². The number of para-hydroxylation sites is 1. The van der Waals surface area contributed by atoms with Crippen LogP contribution in [0.4, 0.5) is 11.5 Å². The molecule has 14 heteroatoms. The van der Waals surface area contributed by atoms with Gasteiger partial charge in [-0.15, -0.1) is 0 Å². The highest BCUT2D eigenvalue weighted by Crippen LogP contribution is 2.44. The SMILES string of the molecule is CN1CCC2(CC1)CN(c1ncncc1Oc1ccccc1C(=O)NCCCCCCCCCCCCNc1cccc3c1C(=O)N(C1CCC(=O)NC1=O)C3=O)C2. The molecule has 1 aromatic heterocycles. The zero-order chi connectivity index (χ0) is 40.5. The standard InChI is InChI=1S/C44H56N8O6/c1-50-25-21-44(22-26-50)28-51(29-44)39-36(27-45-30-48-39)58-35-18-11-10-15-31(35)40(54)47-24-13-9-7-5-3-2-4-6-8-12-23-46-33-17-14-16-32-38(33)43(57)52(42(32)56)34-19-20-37(53)49-41(34)55/h10-11,14-18,27,30,34,46H,2-9,12-13,19-26,28-29H2,1H3,(H,47,54)(H,49,53,55). The Morgan fingerprint density at radius 3 is 2.26 bits per heavy atom. The molecule has 3 N–H and O–H groups in total. The van der Waals surface area contributed by atoms with Crippen molar-refractivity contribution in [1.82, 2.24) is 30.4 Å². The molecule has 0 bridgehead atoms. The fourth-order valence-corrected chi connectivity index (χ4v) is 8.65. The zero-order valence-corrected chi connectivity index (χ0v) is 33.6. The van der Waals surface area contributed by atoms with Crippen molar-refractivity contribution >= 4 is 41.0 Å². The molecule has 5 heterocycles. The summed E-state index contributed by atoms with van der Waals surface area (Å²) in [7, 11) is 2.18. The van der Waals surface area contributed by atoms with E-state index >= 15 is 0 Å². The maximum Gasteiger partial charge on any atom is 0.264 e. The first-order chi connectivity index (χ1) is 28.2. The predicted molar refractivity (Wildman–Crippen MR) is 220 cm³/mol. The van der Waals surface area contributed by atoms with Crippen LogP contribution in [0.25, 0.3) is 0 Å². The summed E-state index contributed by atoms with van der Waals surface area (Å²) in [5.74, 6) is -0.302. The summed E-state index contributed by atoms with van der Waals surface area (Å²) < 4.78 is 6.32. The molecule has 1 unspecified atom stereocenters. The molecule has 0 radical (unpaired) electrons. The normalized spacial score (nSPS) is 18.9. The van der Waals surface area contributed by atoms with E-state index in [1.807, 2.05) is 18.2 Å². The van der Waals surface area contributed by atoms with E-state index in [-0.39, 0.29) is 24.3 Å². The summed E-state index contributed by atoms with van der Waals surface area (Å²) in [6, 6.07) is 11.5. The minimum atomic E-state index is -0.973. The second kappa shape index (κ2) is 18.9. The lowest BCUT2D eigenvalue weighted by molar-refractivity contribution is -0.136. The topological polar surface area (TPSA) is 166 Å². The first-order valence-electron chi connectivity index (χ1n) is 21.1. The fraction of sp³-hybridized carbons (Fsp3) is 0.523. The van der Waals surface area contributed by atoms with Crippen molar-refractivity contribution in [3.8, 4) is 11.5 Å². The van der Waals surface area contributed by atoms with Gasteiger partial charge in [0.05, 0.1) is 22.9 Å². The number of anilines is 2. The van der Waals surface area contributed by atoms with Crippen LogP contribution in [0.5, 0.6) is 11.5 Å². The third kappa shape index (κ3) is 9.49. The fourth-order valence-electron chi connectivity index (χ4n) is 8.65. The number of ether oxygens (including phenoxy) is 1. The Balaban J connectivity index is 0.739. The number of carbonyl (C=O) groups excluding carboxylic acids is 5. The van der Waals surface area contributed by atoms with Crippen LogP contribution in [0.15, 0.2) is 55.0 Å². The number of rotatable bonds is 19. The van der Waals surface area contributed by atoms with Gasteiger partial charge in [-0.3, -0.25) is 34.2 Å². The third-order valence-electron chi connectivity index (χ3n) is 12.1. The van der Waals surface area contributed by atoms with Gasteiger partial charge >= 0.3 is 0 Å². The van der Waals surface area contributed by atoms with Gasteiger partial charge in [-0.2, -0.15) is 0 Å². The number of hydrogen-bond donors (Lipinski definition) is 3. The lowest BCUT2D eigenvalue weighted by Crippen LogP contribution is -2.60. The van der Waals surface area contributed by atoms with Gasteiger partial charge in [-0.1, -0.05) is 69.6 Å². The number of fused-ring (bicyclic) bond motifs is 1. The molecule has 4 aliphatic heterocycles. The predicted octanol–water partition coefficient (Wildman–Crippen LogP) is 5.95. The van der Waals surface area contributed by atoms with Crippen LogP contribution in [0.3, 0.4) is 0 Å². The number of nitrogens with zero attached hydrogens (tertiary/aromatic N) is 5. The van der Waals surface area contributed by atoms with E-state index in [0.717, 1.165) is 75.4 Å². The van der Waals surface area contributed by atoms with E-state index in [1.54, 1.807) is 36.8 Å². The molecular formula is C44H56N8O6. The minimum Gasteiger partial charge on any atom is -0.451 e. The maximum atomic E-state index is 13.3. The molecule has 0 saturated carbocycles. The van der Waals surface area contributed by atoms with Gasteiger partial charge in [0.15, 0.2) is 11.6 Å². The van der Waals surface area contributed by atoms with E-state index < -0.39 is 29.7 Å². The number of imide groups is 2. The average Bonchev–Trinajstić information content (AvgIpc) is 3.47.